The number of nitrogens with one attached hydrogen (secondary N) is 2. The zero-order valence-corrected chi connectivity index (χ0v) is 11.9. The Labute approximate surface area is 112 Å². The first-order chi connectivity index (χ1) is 8.65. The second-order valence-corrected chi connectivity index (χ2v) is 6.16. The first-order valence-electron chi connectivity index (χ1n) is 6.58. The van der Waals surface area contributed by atoms with Crippen LogP contribution >= 0.6 is 11.3 Å². The van der Waals surface area contributed by atoms with Crippen LogP contribution in [0.1, 0.15) is 41.3 Å². The molecule has 1 saturated carbocycles. The van der Waals surface area contributed by atoms with Crippen LogP contribution in [-0.2, 0) is 11.3 Å². The Morgan fingerprint density at radius 1 is 1.44 bits per heavy atom. The van der Waals surface area contributed by atoms with Crippen LogP contribution in [0.5, 0.6) is 0 Å². The highest BCUT2D eigenvalue weighted by molar-refractivity contribution is 7.11. The average molecular weight is 267 g/mol. The fraction of sp³-hybridized carbons (Fsp3) is 0.692. The number of carbonyl (C=O) groups excluding carboxylic acids is 1. The molecule has 1 aromatic rings. The van der Waals surface area contributed by atoms with Gasteiger partial charge >= 0.3 is 0 Å². The predicted molar refractivity (Wildman–Crippen MR) is 73.7 cm³/mol. The third-order valence-electron chi connectivity index (χ3n) is 3.05. The molecule has 1 aliphatic rings. The smallest absolute Gasteiger partial charge is 0.220 e. The number of hydrogen-bond acceptors (Lipinski definition) is 4. The lowest BCUT2D eigenvalue weighted by atomic mass is 10.3. The number of carbonyl (C=O) groups is 1. The van der Waals surface area contributed by atoms with Gasteiger partial charge in [0.25, 0.3) is 0 Å². The van der Waals surface area contributed by atoms with E-state index in [0.717, 1.165) is 43.1 Å². The molecule has 100 valence electrons. The van der Waals surface area contributed by atoms with Crippen LogP contribution in [0.25, 0.3) is 0 Å². The van der Waals surface area contributed by atoms with Crippen LogP contribution in [0.4, 0.5) is 0 Å². The minimum Gasteiger partial charge on any atom is -0.353 e. The molecule has 0 atom stereocenters. The van der Waals surface area contributed by atoms with Gasteiger partial charge in [0.1, 0.15) is 5.01 Å². The largest absolute Gasteiger partial charge is 0.353 e. The predicted octanol–water partition coefficient (Wildman–Crippen LogP) is 1.91. The Hall–Kier alpha value is -0.940. The average Bonchev–Trinajstić information content (AvgIpc) is 3.06. The molecule has 0 aromatic carbocycles. The molecule has 0 saturated heterocycles. The summed E-state index contributed by atoms with van der Waals surface area (Å²) in [6.07, 6.45) is 3.83. The molecule has 1 aromatic heterocycles. The van der Waals surface area contributed by atoms with Crippen molar-refractivity contribution in [2.45, 2.75) is 52.1 Å². The summed E-state index contributed by atoms with van der Waals surface area (Å²) in [6.45, 7) is 5.82. The van der Waals surface area contributed by atoms with Crippen molar-refractivity contribution in [1.82, 2.24) is 15.6 Å². The van der Waals surface area contributed by atoms with Crippen molar-refractivity contribution in [1.29, 1.82) is 0 Å². The van der Waals surface area contributed by atoms with Gasteiger partial charge in [0.2, 0.25) is 5.91 Å². The van der Waals surface area contributed by atoms with Gasteiger partial charge in [-0.05, 0) is 39.7 Å². The third-order valence-corrected chi connectivity index (χ3v) is 4.12. The summed E-state index contributed by atoms with van der Waals surface area (Å²) in [5.41, 5.74) is 1.13. The second-order valence-electron chi connectivity index (χ2n) is 4.87. The monoisotopic (exact) mass is 267 g/mol. The summed E-state index contributed by atoms with van der Waals surface area (Å²) in [5, 5.41) is 7.46. The molecule has 1 heterocycles. The third kappa shape index (κ3) is 4.38. The normalized spacial score (nSPS) is 14.8. The number of amides is 1. The van der Waals surface area contributed by atoms with Gasteiger partial charge in [-0.15, -0.1) is 11.3 Å². The lowest BCUT2D eigenvalue weighted by Crippen LogP contribution is -2.26. The number of thiazole rings is 1. The van der Waals surface area contributed by atoms with Crippen LogP contribution in [0.3, 0.4) is 0 Å². The second kappa shape index (κ2) is 6.29. The fourth-order valence-electron chi connectivity index (χ4n) is 1.71. The molecule has 0 bridgehead atoms. The van der Waals surface area contributed by atoms with E-state index in [4.69, 9.17) is 0 Å². The van der Waals surface area contributed by atoms with Gasteiger partial charge in [-0.3, -0.25) is 4.79 Å². The molecule has 1 fully saturated rings. The Morgan fingerprint density at radius 2 is 2.22 bits per heavy atom. The number of aryl methyl sites for hydroxylation is 2. The lowest BCUT2D eigenvalue weighted by molar-refractivity contribution is -0.121. The van der Waals surface area contributed by atoms with Crippen molar-refractivity contribution in [3.8, 4) is 0 Å². The molecule has 4 nitrogen and oxygen atoms in total. The number of rotatable bonds is 7. The molecule has 18 heavy (non-hydrogen) atoms. The Morgan fingerprint density at radius 3 is 2.83 bits per heavy atom. The maximum Gasteiger partial charge on any atom is 0.220 e. The van der Waals surface area contributed by atoms with Crippen molar-refractivity contribution in [2.24, 2.45) is 0 Å². The van der Waals surface area contributed by atoms with E-state index >= 15 is 0 Å². The molecule has 0 spiro atoms. The van der Waals surface area contributed by atoms with Crippen LogP contribution in [-0.4, -0.2) is 23.5 Å². The van der Waals surface area contributed by atoms with E-state index in [1.165, 1.54) is 4.88 Å². The highest BCUT2D eigenvalue weighted by Gasteiger charge is 2.22. The molecule has 0 unspecified atom stereocenters. The van der Waals surface area contributed by atoms with Crippen molar-refractivity contribution < 1.29 is 4.79 Å². The minimum atomic E-state index is 0.195. The highest BCUT2D eigenvalue weighted by Crippen LogP contribution is 2.18. The number of aromatic nitrogens is 1. The topological polar surface area (TPSA) is 54.0 Å². The van der Waals surface area contributed by atoms with Crippen LogP contribution < -0.4 is 10.6 Å². The van der Waals surface area contributed by atoms with Crippen molar-refractivity contribution in [2.75, 3.05) is 6.54 Å². The molecule has 2 N–H and O–H groups in total. The van der Waals surface area contributed by atoms with Gasteiger partial charge in [0.15, 0.2) is 0 Å². The van der Waals surface area contributed by atoms with Gasteiger partial charge in [-0.1, -0.05) is 0 Å². The lowest BCUT2D eigenvalue weighted by Gasteiger charge is -2.04. The summed E-state index contributed by atoms with van der Waals surface area (Å²) in [6, 6.07) is 0.478. The summed E-state index contributed by atoms with van der Waals surface area (Å²) in [5.74, 6) is 0.195. The van der Waals surface area contributed by atoms with Crippen molar-refractivity contribution in [3.63, 3.8) is 0 Å². The van der Waals surface area contributed by atoms with Gasteiger partial charge in [0, 0.05) is 23.9 Å². The van der Waals surface area contributed by atoms with E-state index in [1.54, 1.807) is 11.3 Å². The summed E-state index contributed by atoms with van der Waals surface area (Å²) in [4.78, 5) is 17.2. The maximum atomic E-state index is 11.4. The zero-order valence-electron chi connectivity index (χ0n) is 11.1. The zero-order chi connectivity index (χ0) is 13.0. The molecule has 0 aliphatic heterocycles. The van der Waals surface area contributed by atoms with Gasteiger partial charge in [-0.25, -0.2) is 4.98 Å². The van der Waals surface area contributed by atoms with Crippen molar-refractivity contribution >= 4 is 17.2 Å². The minimum absolute atomic E-state index is 0.195. The summed E-state index contributed by atoms with van der Waals surface area (Å²) < 4.78 is 0. The molecule has 1 aliphatic carbocycles. The molecular formula is C13H21N3OS. The van der Waals surface area contributed by atoms with Crippen LogP contribution in [0.15, 0.2) is 0 Å². The molecule has 0 radical (unpaired) electrons. The molecule has 2 rings (SSSR count). The molecular weight excluding hydrogens is 246 g/mol. The van der Waals surface area contributed by atoms with Gasteiger partial charge in [0.05, 0.1) is 5.69 Å². The van der Waals surface area contributed by atoms with E-state index in [9.17, 15) is 4.79 Å². The van der Waals surface area contributed by atoms with E-state index in [-0.39, 0.29) is 5.91 Å². The van der Waals surface area contributed by atoms with Gasteiger partial charge in [-0.2, -0.15) is 0 Å². The first kappa shape index (κ1) is 13.5. The van der Waals surface area contributed by atoms with E-state index in [0.29, 0.717) is 12.5 Å². The van der Waals surface area contributed by atoms with E-state index in [2.05, 4.69) is 22.5 Å². The van der Waals surface area contributed by atoms with Crippen LogP contribution in [0.2, 0.25) is 0 Å². The van der Waals surface area contributed by atoms with Gasteiger partial charge < -0.3 is 10.6 Å². The SMILES string of the molecule is Cc1nc(CNCCCC(=O)NC2CC2)sc1C. The summed E-state index contributed by atoms with van der Waals surface area (Å²) >= 11 is 1.74. The Bertz CT molecular complexity index is 393. The highest BCUT2D eigenvalue weighted by atomic mass is 32.1. The fourth-order valence-corrected chi connectivity index (χ4v) is 2.62. The maximum absolute atomic E-state index is 11.4. The Balaban J connectivity index is 1.54. The van der Waals surface area contributed by atoms with E-state index in [1.807, 2.05) is 6.92 Å². The molecule has 1 amide bonds. The quantitative estimate of drug-likeness (QED) is 0.742. The Kier molecular flexibility index (Phi) is 4.72. The van der Waals surface area contributed by atoms with E-state index < -0.39 is 0 Å². The first-order valence-corrected chi connectivity index (χ1v) is 7.40. The molecule has 5 heteroatoms. The number of hydrogen-bond donors (Lipinski definition) is 2. The van der Waals surface area contributed by atoms with Crippen molar-refractivity contribution in [3.05, 3.63) is 15.6 Å². The van der Waals surface area contributed by atoms with Crippen LogP contribution in [0, 0.1) is 13.8 Å². The standard InChI is InChI=1S/C13H21N3OS/c1-9-10(2)18-13(15-9)8-14-7-3-4-12(17)16-11-5-6-11/h11,14H,3-8H2,1-2H3,(H,16,17). The summed E-state index contributed by atoms with van der Waals surface area (Å²) in [7, 11) is 0. The number of nitrogens with zero attached hydrogens (tertiary/aromatic N) is 1.